The number of halogens is 1. The molecule has 1 N–H and O–H groups in total. The molecule has 1 aliphatic rings. The van der Waals surface area contributed by atoms with Crippen LogP contribution in [-0.2, 0) is 6.54 Å². The molecule has 4 rings (SSSR count). The van der Waals surface area contributed by atoms with E-state index in [1.807, 2.05) is 18.2 Å². The largest absolute Gasteiger partial charge is 0.365 e. The fourth-order valence-corrected chi connectivity index (χ4v) is 3.39. The minimum Gasteiger partial charge on any atom is -0.365 e. The Labute approximate surface area is 166 Å². The summed E-state index contributed by atoms with van der Waals surface area (Å²) in [6.07, 6.45) is 0. The Morgan fingerprint density at radius 3 is 2.33 bits per heavy atom. The Hall–Kier alpha value is -2.37. The molecule has 0 spiro atoms. The van der Waals surface area contributed by atoms with Crippen LogP contribution in [0.5, 0.6) is 0 Å². The second-order valence-corrected chi connectivity index (χ2v) is 6.65. The molecule has 2 heterocycles. The Morgan fingerprint density at radius 2 is 1.59 bits per heavy atom. The normalized spacial score (nSPS) is 14.8. The van der Waals surface area contributed by atoms with E-state index in [1.165, 1.54) is 5.56 Å². The third-order valence-corrected chi connectivity index (χ3v) is 5.00. The van der Waals surface area contributed by atoms with Crippen LogP contribution in [0.4, 0.5) is 11.8 Å². The number of para-hydroxylation sites is 1. The zero-order valence-electron chi connectivity index (χ0n) is 15.6. The molecule has 1 saturated heterocycles. The van der Waals surface area contributed by atoms with Crippen LogP contribution >= 0.6 is 12.4 Å². The van der Waals surface area contributed by atoms with Crippen LogP contribution in [0.2, 0.25) is 0 Å². The molecule has 0 amide bonds. The summed E-state index contributed by atoms with van der Waals surface area (Å²) in [6, 6.07) is 18.6. The summed E-state index contributed by atoms with van der Waals surface area (Å²) < 4.78 is 0. The molecule has 3 aromatic rings. The molecule has 0 bridgehead atoms. The van der Waals surface area contributed by atoms with Gasteiger partial charge in [-0.1, -0.05) is 49.4 Å². The summed E-state index contributed by atoms with van der Waals surface area (Å²) in [7, 11) is 0. The van der Waals surface area contributed by atoms with Gasteiger partial charge in [0.25, 0.3) is 0 Å². The van der Waals surface area contributed by atoms with E-state index >= 15 is 0 Å². The van der Waals surface area contributed by atoms with Crippen LogP contribution in [0, 0.1) is 0 Å². The first-order valence-corrected chi connectivity index (χ1v) is 9.35. The van der Waals surface area contributed by atoms with E-state index in [0.717, 1.165) is 61.9 Å². The highest BCUT2D eigenvalue weighted by Crippen LogP contribution is 2.24. The van der Waals surface area contributed by atoms with E-state index in [1.54, 1.807) is 0 Å². The number of nitrogens with one attached hydrogen (secondary N) is 1. The molecule has 6 heteroatoms. The summed E-state index contributed by atoms with van der Waals surface area (Å²) in [5.74, 6) is 1.74. The van der Waals surface area contributed by atoms with Crippen LogP contribution in [-0.4, -0.2) is 47.6 Å². The molecule has 1 aliphatic heterocycles. The van der Waals surface area contributed by atoms with Gasteiger partial charge in [-0.05, 0) is 24.2 Å². The van der Waals surface area contributed by atoms with Crippen molar-refractivity contribution in [3.63, 3.8) is 0 Å². The van der Waals surface area contributed by atoms with E-state index in [9.17, 15) is 0 Å². The lowest BCUT2D eigenvalue weighted by Gasteiger charge is -2.34. The van der Waals surface area contributed by atoms with Gasteiger partial charge in [0.05, 0.1) is 5.52 Å². The number of fused-ring (bicyclic) bond motifs is 1. The first kappa shape index (κ1) is 19.4. The summed E-state index contributed by atoms with van der Waals surface area (Å²) in [4.78, 5) is 14.5. The fraction of sp³-hybridized carbons (Fsp3) is 0.333. The molecule has 2 aromatic carbocycles. The summed E-state index contributed by atoms with van der Waals surface area (Å²) in [5, 5.41) is 4.58. The van der Waals surface area contributed by atoms with E-state index in [4.69, 9.17) is 9.97 Å². The number of hydrogen-bond donors (Lipinski definition) is 1. The lowest BCUT2D eigenvalue weighted by molar-refractivity contribution is 0.270. The van der Waals surface area contributed by atoms with Gasteiger partial charge in [-0.2, -0.15) is 4.98 Å². The van der Waals surface area contributed by atoms with E-state index < -0.39 is 0 Å². The van der Waals surface area contributed by atoms with Gasteiger partial charge in [-0.15, -0.1) is 12.4 Å². The molecule has 1 aromatic heterocycles. The Kier molecular flexibility index (Phi) is 6.48. The average molecular weight is 384 g/mol. The second kappa shape index (κ2) is 9.02. The van der Waals surface area contributed by atoms with Crippen molar-refractivity contribution in [3.8, 4) is 0 Å². The van der Waals surface area contributed by atoms with Gasteiger partial charge in [0.1, 0.15) is 5.82 Å². The molecule has 5 nitrogen and oxygen atoms in total. The minimum atomic E-state index is 0. The topological polar surface area (TPSA) is 44.3 Å². The Balaban J connectivity index is 0.00000210. The molecule has 27 heavy (non-hydrogen) atoms. The van der Waals surface area contributed by atoms with Crippen molar-refractivity contribution in [1.29, 1.82) is 0 Å². The number of anilines is 2. The minimum absolute atomic E-state index is 0. The van der Waals surface area contributed by atoms with Crippen molar-refractivity contribution >= 4 is 35.1 Å². The standard InChI is InChI=1S/C21H25N5.ClH/c1-2-25-12-14-26(15-13-25)21-23-19-11-7-6-10-18(19)20(24-21)22-16-17-8-4-3-5-9-17;/h3-11H,2,12-16H2,1H3,(H,22,23,24);1H. The quantitative estimate of drug-likeness (QED) is 0.725. The van der Waals surface area contributed by atoms with Crippen molar-refractivity contribution < 1.29 is 0 Å². The number of piperazine rings is 1. The van der Waals surface area contributed by atoms with Gasteiger partial charge in [-0.25, -0.2) is 4.98 Å². The van der Waals surface area contributed by atoms with Crippen LogP contribution < -0.4 is 10.2 Å². The van der Waals surface area contributed by atoms with E-state index in [2.05, 4.69) is 58.4 Å². The molecule has 0 saturated carbocycles. The first-order valence-electron chi connectivity index (χ1n) is 9.35. The molecule has 0 aliphatic carbocycles. The average Bonchev–Trinajstić information content (AvgIpc) is 2.72. The second-order valence-electron chi connectivity index (χ2n) is 6.65. The molecule has 0 radical (unpaired) electrons. The highest BCUT2D eigenvalue weighted by Gasteiger charge is 2.19. The van der Waals surface area contributed by atoms with Gasteiger partial charge >= 0.3 is 0 Å². The number of hydrogen-bond acceptors (Lipinski definition) is 5. The highest BCUT2D eigenvalue weighted by molar-refractivity contribution is 5.90. The monoisotopic (exact) mass is 383 g/mol. The Bertz CT molecular complexity index is 863. The number of nitrogens with zero attached hydrogens (tertiary/aromatic N) is 4. The summed E-state index contributed by atoms with van der Waals surface area (Å²) >= 11 is 0. The zero-order valence-corrected chi connectivity index (χ0v) is 16.5. The van der Waals surface area contributed by atoms with Gasteiger partial charge in [-0.3, -0.25) is 0 Å². The van der Waals surface area contributed by atoms with Crippen LogP contribution in [0.3, 0.4) is 0 Å². The number of likely N-dealkylation sites (N-methyl/N-ethyl adjacent to an activating group) is 1. The van der Waals surface area contributed by atoms with Crippen molar-refractivity contribution in [2.75, 3.05) is 42.9 Å². The van der Waals surface area contributed by atoms with Gasteiger partial charge in [0.2, 0.25) is 5.95 Å². The van der Waals surface area contributed by atoms with E-state index in [0.29, 0.717) is 0 Å². The van der Waals surface area contributed by atoms with Gasteiger partial charge in [0, 0.05) is 38.1 Å². The molecular formula is C21H26ClN5. The predicted molar refractivity (Wildman–Crippen MR) is 115 cm³/mol. The molecule has 1 fully saturated rings. The van der Waals surface area contributed by atoms with Gasteiger partial charge in [0.15, 0.2) is 0 Å². The predicted octanol–water partition coefficient (Wildman–Crippen LogP) is 3.81. The summed E-state index contributed by atoms with van der Waals surface area (Å²) in [5.41, 5.74) is 2.24. The first-order chi connectivity index (χ1) is 12.8. The summed E-state index contributed by atoms with van der Waals surface area (Å²) in [6.45, 7) is 8.17. The fourth-order valence-electron chi connectivity index (χ4n) is 3.39. The van der Waals surface area contributed by atoms with Crippen LogP contribution in [0.1, 0.15) is 12.5 Å². The smallest absolute Gasteiger partial charge is 0.227 e. The lowest BCUT2D eigenvalue weighted by Crippen LogP contribution is -2.46. The SMILES string of the molecule is CCN1CCN(c2nc(NCc3ccccc3)c3ccccc3n2)CC1.Cl. The lowest BCUT2D eigenvalue weighted by atomic mass is 10.2. The van der Waals surface area contributed by atoms with Crippen molar-refractivity contribution in [3.05, 3.63) is 60.2 Å². The Morgan fingerprint density at radius 1 is 0.889 bits per heavy atom. The van der Waals surface area contributed by atoms with E-state index in [-0.39, 0.29) is 12.4 Å². The van der Waals surface area contributed by atoms with Crippen LogP contribution in [0.15, 0.2) is 54.6 Å². The third-order valence-electron chi connectivity index (χ3n) is 5.00. The maximum Gasteiger partial charge on any atom is 0.227 e. The maximum absolute atomic E-state index is 4.88. The molecule has 0 atom stereocenters. The maximum atomic E-state index is 4.88. The highest BCUT2D eigenvalue weighted by atomic mass is 35.5. The molecule has 0 unspecified atom stereocenters. The molecular weight excluding hydrogens is 358 g/mol. The third kappa shape index (κ3) is 4.49. The van der Waals surface area contributed by atoms with Crippen molar-refractivity contribution in [2.24, 2.45) is 0 Å². The number of aromatic nitrogens is 2. The van der Waals surface area contributed by atoms with Crippen molar-refractivity contribution in [1.82, 2.24) is 14.9 Å². The number of benzene rings is 2. The van der Waals surface area contributed by atoms with Gasteiger partial charge < -0.3 is 15.1 Å². The number of rotatable bonds is 5. The zero-order chi connectivity index (χ0) is 17.8. The molecule has 142 valence electrons. The van der Waals surface area contributed by atoms with Crippen molar-refractivity contribution in [2.45, 2.75) is 13.5 Å². The van der Waals surface area contributed by atoms with Crippen LogP contribution in [0.25, 0.3) is 10.9 Å².